The Bertz CT molecular complexity index is 1600. The Balaban J connectivity index is 0.00000128. The third-order valence-electron chi connectivity index (χ3n) is 8.49. The molecule has 45 heavy (non-hydrogen) atoms. The second kappa shape index (κ2) is 14.0. The molecule has 0 bridgehead atoms. The third-order valence-corrected chi connectivity index (χ3v) is 8.49. The van der Waals surface area contributed by atoms with Crippen LogP contribution in [0.3, 0.4) is 0 Å². The topological polar surface area (TPSA) is 156 Å². The number of nitrogens with zero attached hydrogens (tertiary/aromatic N) is 5. The van der Waals surface area contributed by atoms with E-state index in [1.54, 1.807) is 24.4 Å². The zero-order chi connectivity index (χ0) is 31.9. The first-order valence-corrected chi connectivity index (χ1v) is 14.7. The first-order valence-electron chi connectivity index (χ1n) is 14.7. The van der Waals surface area contributed by atoms with E-state index in [0.29, 0.717) is 30.0 Å². The van der Waals surface area contributed by atoms with Crippen LogP contribution in [0.25, 0.3) is 0 Å². The van der Waals surface area contributed by atoms with Gasteiger partial charge in [0.05, 0.1) is 18.4 Å². The van der Waals surface area contributed by atoms with E-state index in [1.165, 1.54) is 10.5 Å². The van der Waals surface area contributed by atoms with Gasteiger partial charge in [-0.25, -0.2) is 4.98 Å². The van der Waals surface area contributed by atoms with Gasteiger partial charge in [0.15, 0.2) is 0 Å². The minimum Gasteiger partial charge on any atom is -0.489 e. The molecular weight excluding hydrogens is 576 g/mol. The SMILES string of the molecule is CC(c1ccc(COc2cccc3c2CN([C@H]2CCC(=O)NC2=O)C3=O)cc1)N1CCN(c2ccc(C#N)nc2)CC1.O=CO. The van der Waals surface area contributed by atoms with E-state index in [1.807, 2.05) is 12.1 Å². The number of piperidine rings is 1. The number of pyridine rings is 1. The van der Waals surface area contributed by atoms with Crippen LogP contribution in [0.15, 0.2) is 60.8 Å². The van der Waals surface area contributed by atoms with Crippen LogP contribution >= 0.6 is 0 Å². The molecule has 232 valence electrons. The number of nitriles is 1. The van der Waals surface area contributed by atoms with Crippen molar-refractivity contribution >= 4 is 29.9 Å². The number of rotatable bonds is 7. The zero-order valence-electron chi connectivity index (χ0n) is 24.9. The molecule has 2 N–H and O–H groups in total. The molecule has 2 fully saturated rings. The number of imide groups is 1. The summed E-state index contributed by atoms with van der Waals surface area (Å²) in [5.41, 5.74) is 5.04. The molecule has 1 aromatic heterocycles. The maximum atomic E-state index is 13.1. The molecule has 3 aliphatic rings. The van der Waals surface area contributed by atoms with Gasteiger partial charge in [-0.05, 0) is 48.7 Å². The van der Waals surface area contributed by atoms with Crippen LogP contribution in [-0.4, -0.2) is 76.3 Å². The number of ether oxygens (including phenoxy) is 1. The number of carboxylic acid groups (broad SMARTS) is 1. The van der Waals surface area contributed by atoms with Crippen molar-refractivity contribution in [3.63, 3.8) is 0 Å². The van der Waals surface area contributed by atoms with Crippen molar-refractivity contribution in [3.05, 3.63) is 88.7 Å². The molecule has 0 aliphatic carbocycles. The lowest BCUT2D eigenvalue weighted by Crippen LogP contribution is -2.52. The highest BCUT2D eigenvalue weighted by molar-refractivity contribution is 6.05. The fourth-order valence-corrected chi connectivity index (χ4v) is 5.96. The predicted molar refractivity (Wildman–Crippen MR) is 163 cm³/mol. The summed E-state index contributed by atoms with van der Waals surface area (Å²) in [5.74, 6) is -0.305. The van der Waals surface area contributed by atoms with Crippen molar-refractivity contribution in [2.75, 3.05) is 31.1 Å². The lowest BCUT2D eigenvalue weighted by Gasteiger charge is -2.39. The van der Waals surface area contributed by atoms with Crippen LogP contribution in [0.1, 0.15) is 58.5 Å². The number of carbonyl (C=O) groups is 4. The minimum absolute atomic E-state index is 0.210. The van der Waals surface area contributed by atoms with Gasteiger partial charge in [0.1, 0.15) is 30.2 Å². The lowest BCUT2D eigenvalue weighted by atomic mass is 10.0. The van der Waals surface area contributed by atoms with E-state index in [4.69, 9.17) is 19.9 Å². The molecule has 12 heteroatoms. The van der Waals surface area contributed by atoms with Crippen LogP contribution in [0.4, 0.5) is 5.69 Å². The van der Waals surface area contributed by atoms with E-state index in [9.17, 15) is 14.4 Å². The monoisotopic (exact) mass is 610 g/mol. The Morgan fingerprint density at radius 3 is 2.47 bits per heavy atom. The summed E-state index contributed by atoms with van der Waals surface area (Å²) in [4.78, 5) is 55.9. The average Bonchev–Trinajstić information content (AvgIpc) is 3.40. The van der Waals surface area contributed by atoms with Crippen LogP contribution in [-0.2, 0) is 27.5 Å². The van der Waals surface area contributed by atoms with E-state index < -0.39 is 11.9 Å². The molecule has 6 rings (SSSR count). The summed E-state index contributed by atoms with van der Waals surface area (Å²) in [5, 5.41) is 18.2. The van der Waals surface area contributed by atoms with E-state index in [2.05, 4.69) is 57.4 Å². The molecular formula is C33H34N6O6. The molecule has 4 heterocycles. The van der Waals surface area contributed by atoms with Crippen LogP contribution < -0.4 is 15.0 Å². The maximum Gasteiger partial charge on any atom is 0.290 e. The molecule has 2 saturated heterocycles. The average molecular weight is 611 g/mol. The normalized spacial score (nSPS) is 18.7. The molecule has 12 nitrogen and oxygen atoms in total. The number of anilines is 1. The Hall–Kier alpha value is -5.28. The van der Waals surface area contributed by atoms with Crippen molar-refractivity contribution in [3.8, 4) is 11.8 Å². The summed E-state index contributed by atoms with van der Waals surface area (Å²) in [6.07, 6.45) is 2.32. The number of aromatic nitrogens is 1. The van der Waals surface area contributed by atoms with Crippen LogP contribution in [0.2, 0.25) is 0 Å². The molecule has 2 aromatic carbocycles. The van der Waals surface area contributed by atoms with Crippen LogP contribution in [0, 0.1) is 11.3 Å². The fraction of sp³-hybridized carbons (Fsp3) is 0.333. The van der Waals surface area contributed by atoms with Crippen molar-refractivity contribution in [2.24, 2.45) is 0 Å². The van der Waals surface area contributed by atoms with Gasteiger partial charge in [0.2, 0.25) is 11.8 Å². The summed E-state index contributed by atoms with van der Waals surface area (Å²) in [6, 6.07) is 19.2. The Morgan fingerprint density at radius 2 is 1.82 bits per heavy atom. The highest BCUT2D eigenvalue weighted by Crippen LogP contribution is 2.34. The third kappa shape index (κ3) is 6.94. The Kier molecular flexibility index (Phi) is 9.70. The quantitative estimate of drug-likeness (QED) is 0.301. The van der Waals surface area contributed by atoms with Gasteiger partial charge >= 0.3 is 0 Å². The Labute approximate surface area is 260 Å². The van der Waals surface area contributed by atoms with Gasteiger partial charge in [-0.3, -0.25) is 29.4 Å². The molecule has 0 radical (unpaired) electrons. The van der Waals surface area contributed by atoms with Crippen molar-refractivity contribution in [1.82, 2.24) is 20.1 Å². The maximum absolute atomic E-state index is 13.1. The molecule has 3 aliphatic heterocycles. The van der Waals surface area contributed by atoms with Crippen molar-refractivity contribution in [2.45, 2.75) is 45.0 Å². The number of benzene rings is 2. The molecule has 3 amide bonds. The largest absolute Gasteiger partial charge is 0.489 e. The highest BCUT2D eigenvalue weighted by Gasteiger charge is 2.40. The van der Waals surface area contributed by atoms with E-state index in [0.717, 1.165) is 43.0 Å². The van der Waals surface area contributed by atoms with Crippen molar-refractivity contribution < 1.29 is 29.0 Å². The standard InChI is InChI=1S/C32H32N6O4.CH2O2/c1-21(36-13-15-37(16-14-36)25-10-9-24(17-33)34-18-25)23-7-5-22(6-8-23)20-42-29-4-2-3-26-27(29)19-38(32(26)41)28-11-12-30(39)35-31(28)40;2-1-3/h2-10,18,21,28H,11-16,19-20H2,1H3,(H,35,39,40);1H,(H,2,3)/t21?,28-;/m0./s1. The van der Waals surface area contributed by atoms with Gasteiger partial charge in [-0.15, -0.1) is 0 Å². The highest BCUT2D eigenvalue weighted by atomic mass is 16.5. The number of fused-ring (bicyclic) bond motifs is 1. The van der Waals surface area contributed by atoms with E-state index in [-0.39, 0.29) is 37.3 Å². The van der Waals surface area contributed by atoms with Gasteiger partial charge in [0, 0.05) is 49.8 Å². The molecule has 0 spiro atoms. The summed E-state index contributed by atoms with van der Waals surface area (Å²) in [7, 11) is 0. The first kappa shape index (κ1) is 31.2. The molecule has 3 aromatic rings. The zero-order valence-corrected chi connectivity index (χ0v) is 24.9. The number of piperazine rings is 1. The number of hydrogen-bond donors (Lipinski definition) is 2. The fourth-order valence-electron chi connectivity index (χ4n) is 5.96. The lowest BCUT2D eigenvalue weighted by molar-refractivity contribution is -0.137. The second-order valence-electron chi connectivity index (χ2n) is 11.0. The van der Waals surface area contributed by atoms with Gasteiger partial charge in [0.25, 0.3) is 12.4 Å². The molecule has 2 atom stereocenters. The number of amides is 3. The summed E-state index contributed by atoms with van der Waals surface area (Å²) < 4.78 is 6.18. The van der Waals surface area contributed by atoms with Gasteiger partial charge in [-0.1, -0.05) is 30.3 Å². The number of carbonyl (C=O) groups excluding carboxylic acids is 3. The second-order valence-corrected chi connectivity index (χ2v) is 11.0. The Morgan fingerprint density at radius 1 is 1.09 bits per heavy atom. The van der Waals surface area contributed by atoms with Gasteiger partial charge in [-0.2, -0.15) is 5.26 Å². The number of hydrogen-bond acceptors (Lipinski definition) is 9. The smallest absolute Gasteiger partial charge is 0.290 e. The molecule has 1 unspecified atom stereocenters. The predicted octanol–water partition coefficient (Wildman–Crippen LogP) is 2.88. The molecule has 0 saturated carbocycles. The van der Waals surface area contributed by atoms with Crippen LogP contribution in [0.5, 0.6) is 5.75 Å². The summed E-state index contributed by atoms with van der Waals surface area (Å²) >= 11 is 0. The number of nitrogens with one attached hydrogen (secondary N) is 1. The van der Waals surface area contributed by atoms with Crippen molar-refractivity contribution in [1.29, 1.82) is 5.26 Å². The van der Waals surface area contributed by atoms with Gasteiger partial charge < -0.3 is 19.6 Å². The summed E-state index contributed by atoms with van der Waals surface area (Å²) in [6.45, 7) is 6.27. The van der Waals surface area contributed by atoms with E-state index >= 15 is 0 Å². The first-order chi connectivity index (χ1) is 21.8. The minimum atomic E-state index is -0.652.